The molecule has 19 heavy (non-hydrogen) atoms. The second kappa shape index (κ2) is 8.56. The topological polar surface area (TPSA) is 32.3 Å². The Morgan fingerprint density at radius 2 is 2.21 bits per heavy atom. The zero-order chi connectivity index (χ0) is 12.8. The first-order valence-corrected chi connectivity index (χ1v) is 7.73. The van der Waals surface area contributed by atoms with Gasteiger partial charge in [0.25, 0.3) is 0 Å². The molecule has 0 unspecified atom stereocenters. The highest BCUT2D eigenvalue weighted by molar-refractivity contribution is 7.07. The minimum absolute atomic E-state index is 0. The van der Waals surface area contributed by atoms with Crippen LogP contribution in [0.2, 0.25) is 0 Å². The molecule has 1 saturated heterocycles. The lowest BCUT2D eigenvalue weighted by atomic mass is 9.96. The summed E-state index contributed by atoms with van der Waals surface area (Å²) >= 11 is 1.66. The largest absolute Gasteiger partial charge is 0.342 e. The summed E-state index contributed by atoms with van der Waals surface area (Å²) < 4.78 is 0. The highest BCUT2D eigenvalue weighted by Crippen LogP contribution is 2.17. The quantitative estimate of drug-likeness (QED) is 0.906. The molecule has 0 spiro atoms. The fourth-order valence-electron chi connectivity index (χ4n) is 2.41. The third kappa shape index (κ3) is 5.13. The molecule has 0 bridgehead atoms. The van der Waals surface area contributed by atoms with Crippen LogP contribution in [0.5, 0.6) is 0 Å². The Morgan fingerprint density at radius 1 is 1.47 bits per heavy atom. The van der Waals surface area contributed by atoms with Crippen molar-refractivity contribution < 1.29 is 4.79 Å². The molecule has 1 aliphatic rings. The third-order valence-electron chi connectivity index (χ3n) is 3.59. The number of rotatable bonds is 5. The van der Waals surface area contributed by atoms with Crippen molar-refractivity contribution in [2.24, 2.45) is 5.92 Å². The van der Waals surface area contributed by atoms with Gasteiger partial charge < -0.3 is 10.2 Å². The van der Waals surface area contributed by atoms with E-state index in [2.05, 4.69) is 17.6 Å². The van der Waals surface area contributed by atoms with Gasteiger partial charge in [-0.25, -0.2) is 0 Å². The van der Waals surface area contributed by atoms with Gasteiger partial charge in [-0.2, -0.15) is 11.3 Å². The van der Waals surface area contributed by atoms with E-state index in [-0.39, 0.29) is 18.3 Å². The lowest BCUT2D eigenvalue weighted by Gasteiger charge is -2.32. The predicted octanol–water partition coefficient (Wildman–Crippen LogP) is 2.56. The standard InChI is InChI=1S/C14H22N2OS.ClH/c1-2-15-10-12-3-6-16(7-4-12)14(17)9-13-5-8-18-11-13;/h5,8,11-12,15H,2-4,6-7,9-10H2,1H3;1H. The van der Waals surface area contributed by atoms with Crippen LogP contribution in [0.15, 0.2) is 16.8 Å². The molecule has 5 heteroatoms. The molecular weight excluding hydrogens is 280 g/mol. The van der Waals surface area contributed by atoms with Gasteiger partial charge in [0.05, 0.1) is 6.42 Å². The molecule has 1 amide bonds. The zero-order valence-corrected chi connectivity index (χ0v) is 13.1. The highest BCUT2D eigenvalue weighted by atomic mass is 35.5. The number of nitrogens with one attached hydrogen (secondary N) is 1. The number of hydrogen-bond acceptors (Lipinski definition) is 3. The molecule has 0 radical (unpaired) electrons. The fraction of sp³-hybridized carbons (Fsp3) is 0.643. The Hall–Kier alpha value is -0.580. The fourth-order valence-corrected chi connectivity index (χ4v) is 3.08. The third-order valence-corrected chi connectivity index (χ3v) is 4.32. The van der Waals surface area contributed by atoms with Crippen molar-refractivity contribution in [2.75, 3.05) is 26.2 Å². The molecule has 108 valence electrons. The van der Waals surface area contributed by atoms with Gasteiger partial charge in [0, 0.05) is 13.1 Å². The highest BCUT2D eigenvalue weighted by Gasteiger charge is 2.22. The van der Waals surface area contributed by atoms with Gasteiger partial charge >= 0.3 is 0 Å². The number of piperidine rings is 1. The maximum absolute atomic E-state index is 12.1. The number of carbonyl (C=O) groups is 1. The van der Waals surface area contributed by atoms with E-state index in [1.807, 2.05) is 16.3 Å². The Kier molecular flexibility index (Phi) is 7.42. The van der Waals surface area contributed by atoms with E-state index in [0.29, 0.717) is 6.42 Å². The molecule has 2 rings (SSSR count). The van der Waals surface area contributed by atoms with Crippen LogP contribution in [0.4, 0.5) is 0 Å². The SMILES string of the molecule is CCNCC1CCN(C(=O)Cc2ccsc2)CC1.Cl. The summed E-state index contributed by atoms with van der Waals surface area (Å²) in [6.45, 7) is 6.14. The van der Waals surface area contributed by atoms with Gasteiger partial charge in [-0.3, -0.25) is 4.79 Å². The molecule has 1 aromatic heterocycles. The molecule has 1 aromatic rings. The van der Waals surface area contributed by atoms with Crippen molar-refractivity contribution in [3.05, 3.63) is 22.4 Å². The van der Waals surface area contributed by atoms with E-state index >= 15 is 0 Å². The van der Waals surface area contributed by atoms with Crippen LogP contribution in [0.25, 0.3) is 0 Å². The number of halogens is 1. The van der Waals surface area contributed by atoms with Crippen molar-refractivity contribution in [1.29, 1.82) is 0 Å². The molecule has 0 saturated carbocycles. The maximum Gasteiger partial charge on any atom is 0.227 e. The minimum atomic E-state index is 0. The summed E-state index contributed by atoms with van der Waals surface area (Å²) in [5.74, 6) is 1.03. The molecule has 0 aromatic carbocycles. The molecule has 1 N–H and O–H groups in total. The van der Waals surface area contributed by atoms with Gasteiger partial charge in [0.1, 0.15) is 0 Å². The Balaban J connectivity index is 0.00000180. The monoisotopic (exact) mass is 302 g/mol. The summed E-state index contributed by atoms with van der Waals surface area (Å²) in [5.41, 5.74) is 1.15. The molecular formula is C14H23ClN2OS. The van der Waals surface area contributed by atoms with Crippen molar-refractivity contribution in [3.63, 3.8) is 0 Å². The smallest absolute Gasteiger partial charge is 0.227 e. The molecule has 3 nitrogen and oxygen atoms in total. The summed E-state index contributed by atoms with van der Waals surface area (Å²) in [7, 11) is 0. The first-order valence-electron chi connectivity index (χ1n) is 6.79. The van der Waals surface area contributed by atoms with Gasteiger partial charge in [-0.15, -0.1) is 12.4 Å². The second-order valence-corrected chi connectivity index (χ2v) is 5.72. The molecule has 2 heterocycles. The van der Waals surface area contributed by atoms with Gasteiger partial charge in [0.2, 0.25) is 5.91 Å². The van der Waals surface area contributed by atoms with Crippen LogP contribution in [0, 0.1) is 5.92 Å². The number of carbonyl (C=O) groups excluding carboxylic acids is 1. The van der Waals surface area contributed by atoms with Crippen molar-refractivity contribution >= 4 is 29.7 Å². The number of hydrogen-bond donors (Lipinski definition) is 1. The molecule has 0 aliphatic carbocycles. The first-order chi connectivity index (χ1) is 8.79. The Morgan fingerprint density at radius 3 is 2.79 bits per heavy atom. The summed E-state index contributed by atoms with van der Waals surface area (Å²) in [4.78, 5) is 14.1. The van der Waals surface area contributed by atoms with Crippen LogP contribution in [0.1, 0.15) is 25.3 Å². The van der Waals surface area contributed by atoms with Crippen LogP contribution in [0.3, 0.4) is 0 Å². The zero-order valence-electron chi connectivity index (χ0n) is 11.4. The van der Waals surface area contributed by atoms with Crippen LogP contribution >= 0.6 is 23.7 Å². The summed E-state index contributed by atoms with van der Waals surface area (Å²) in [5, 5.41) is 7.49. The van der Waals surface area contributed by atoms with E-state index in [9.17, 15) is 4.79 Å². The maximum atomic E-state index is 12.1. The number of nitrogens with zero attached hydrogens (tertiary/aromatic N) is 1. The number of likely N-dealkylation sites (tertiary alicyclic amines) is 1. The van der Waals surface area contributed by atoms with E-state index in [1.165, 1.54) is 0 Å². The van der Waals surface area contributed by atoms with Gasteiger partial charge in [0.15, 0.2) is 0 Å². The van der Waals surface area contributed by atoms with Crippen LogP contribution in [-0.2, 0) is 11.2 Å². The number of thiophene rings is 1. The molecule has 0 atom stereocenters. The average Bonchev–Trinajstić information content (AvgIpc) is 2.89. The minimum Gasteiger partial charge on any atom is -0.342 e. The molecule has 1 aliphatic heterocycles. The summed E-state index contributed by atoms with van der Waals surface area (Å²) in [6.07, 6.45) is 2.85. The van der Waals surface area contributed by atoms with Gasteiger partial charge in [-0.05, 0) is 54.2 Å². The normalized spacial score (nSPS) is 16.2. The lowest BCUT2D eigenvalue weighted by Crippen LogP contribution is -2.41. The average molecular weight is 303 g/mol. The Bertz CT molecular complexity index is 362. The summed E-state index contributed by atoms with van der Waals surface area (Å²) in [6, 6.07) is 2.04. The Labute approximate surface area is 125 Å². The van der Waals surface area contributed by atoms with Crippen LogP contribution < -0.4 is 5.32 Å². The second-order valence-electron chi connectivity index (χ2n) is 4.94. The van der Waals surface area contributed by atoms with Crippen molar-refractivity contribution in [3.8, 4) is 0 Å². The number of amides is 1. The van der Waals surface area contributed by atoms with E-state index in [1.54, 1.807) is 11.3 Å². The van der Waals surface area contributed by atoms with E-state index in [4.69, 9.17) is 0 Å². The van der Waals surface area contributed by atoms with E-state index < -0.39 is 0 Å². The van der Waals surface area contributed by atoms with E-state index in [0.717, 1.165) is 50.5 Å². The van der Waals surface area contributed by atoms with Gasteiger partial charge in [-0.1, -0.05) is 6.92 Å². The lowest BCUT2D eigenvalue weighted by molar-refractivity contribution is -0.131. The van der Waals surface area contributed by atoms with Crippen molar-refractivity contribution in [1.82, 2.24) is 10.2 Å². The molecule has 1 fully saturated rings. The first kappa shape index (κ1) is 16.5. The van der Waals surface area contributed by atoms with Crippen LogP contribution in [-0.4, -0.2) is 37.0 Å². The predicted molar refractivity (Wildman–Crippen MR) is 83.1 cm³/mol. The van der Waals surface area contributed by atoms with Crippen molar-refractivity contribution in [2.45, 2.75) is 26.2 Å².